The fourth-order valence-corrected chi connectivity index (χ4v) is 3.52. The number of benzene rings is 2. The summed E-state index contributed by atoms with van der Waals surface area (Å²) in [4.78, 5) is 36.5. The molecule has 0 bridgehead atoms. The SMILES string of the molecule is O=C1S/C(=C/c2ccccc2[N+](=O)[O-])C(=O)N1Cc1ccc(Cl)c(Cl)c1. The molecular weight excluding hydrogens is 399 g/mol. The number of rotatable bonds is 4. The summed E-state index contributed by atoms with van der Waals surface area (Å²) in [5, 5.41) is 11.3. The van der Waals surface area contributed by atoms with Crippen LogP contribution in [0.2, 0.25) is 10.0 Å². The van der Waals surface area contributed by atoms with E-state index >= 15 is 0 Å². The zero-order valence-electron chi connectivity index (χ0n) is 13.0. The number of nitro benzene ring substituents is 1. The van der Waals surface area contributed by atoms with Gasteiger partial charge in [0, 0.05) is 6.07 Å². The molecule has 0 aliphatic carbocycles. The van der Waals surface area contributed by atoms with E-state index < -0.39 is 16.1 Å². The summed E-state index contributed by atoms with van der Waals surface area (Å²) < 4.78 is 0. The Bertz CT molecular complexity index is 962. The Morgan fingerprint density at radius 3 is 2.54 bits per heavy atom. The number of hydrogen-bond acceptors (Lipinski definition) is 5. The van der Waals surface area contributed by atoms with E-state index in [4.69, 9.17) is 23.2 Å². The molecule has 0 aromatic heterocycles. The van der Waals surface area contributed by atoms with E-state index in [0.29, 0.717) is 15.6 Å². The molecule has 0 unspecified atom stereocenters. The molecule has 0 saturated carbocycles. The molecule has 1 aliphatic heterocycles. The summed E-state index contributed by atoms with van der Waals surface area (Å²) in [6, 6.07) is 10.9. The zero-order valence-corrected chi connectivity index (χ0v) is 15.3. The Morgan fingerprint density at radius 1 is 1.12 bits per heavy atom. The van der Waals surface area contributed by atoms with E-state index in [9.17, 15) is 19.7 Å². The van der Waals surface area contributed by atoms with Crippen LogP contribution in [-0.2, 0) is 11.3 Å². The van der Waals surface area contributed by atoms with Crippen molar-refractivity contribution >= 4 is 57.9 Å². The lowest BCUT2D eigenvalue weighted by atomic mass is 10.1. The Hall–Kier alpha value is -2.35. The number of para-hydroxylation sites is 1. The Balaban J connectivity index is 1.87. The van der Waals surface area contributed by atoms with Gasteiger partial charge in [-0.1, -0.05) is 41.4 Å². The van der Waals surface area contributed by atoms with Crippen molar-refractivity contribution in [1.82, 2.24) is 4.90 Å². The van der Waals surface area contributed by atoms with E-state index in [1.54, 1.807) is 24.3 Å². The number of imide groups is 1. The monoisotopic (exact) mass is 408 g/mol. The fourth-order valence-electron chi connectivity index (χ4n) is 2.37. The summed E-state index contributed by atoms with van der Waals surface area (Å²) in [5.41, 5.74) is 0.773. The van der Waals surface area contributed by atoms with Crippen molar-refractivity contribution in [1.29, 1.82) is 0 Å². The van der Waals surface area contributed by atoms with Gasteiger partial charge in [-0.2, -0.15) is 0 Å². The molecule has 26 heavy (non-hydrogen) atoms. The van der Waals surface area contributed by atoms with Crippen molar-refractivity contribution in [3.63, 3.8) is 0 Å². The zero-order chi connectivity index (χ0) is 18.8. The smallest absolute Gasteiger partial charge is 0.268 e. The van der Waals surface area contributed by atoms with Crippen molar-refractivity contribution in [2.75, 3.05) is 0 Å². The molecule has 1 fully saturated rings. The van der Waals surface area contributed by atoms with E-state index in [1.165, 1.54) is 24.3 Å². The molecule has 1 saturated heterocycles. The van der Waals surface area contributed by atoms with Gasteiger partial charge in [0.15, 0.2) is 0 Å². The molecule has 2 aromatic rings. The number of halogens is 2. The van der Waals surface area contributed by atoms with Gasteiger partial charge >= 0.3 is 0 Å². The number of carbonyl (C=O) groups is 2. The molecule has 9 heteroatoms. The molecule has 1 heterocycles. The molecule has 2 aromatic carbocycles. The first kappa shape index (κ1) is 18.4. The molecule has 0 spiro atoms. The summed E-state index contributed by atoms with van der Waals surface area (Å²) in [7, 11) is 0. The normalized spacial score (nSPS) is 15.8. The molecule has 6 nitrogen and oxygen atoms in total. The van der Waals surface area contributed by atoms with Gasteiger partial charge in [-0.3, -0.25) is 24.6 Å². The third kappa shape index (κ3) is 3.75. The third-order valence-electron chi connectivity index (χ3n) is 3.62. The minimum Gasteiger partial charge on any atom is -0.268 e. The Morgan fingerprint density at radius 2 is 1.85 bits per heavy atom. The van der Waals surface area contributed by atoms with Crippen molar-refractivity contribution in [2.45, 2.75) is 6.54 Å². The first-order valence-electron chi connectivity index (χ1n) is 7.29. The number of amides is 2. The molecule has 3 rings (SSSR count). The van der Waals surface area contributed by atoms with Gasteiger partial charge in [0.1, 0.15) is 0 Å². The molecular formula is C17H10Cl2N2O4S. The third-order valence-corrected chi connectivity index (χ3v) is 5.26. The lowest BCUT2D eigenvalue weighted by molar-refractivity contribution is -0.385. The number of hydrogen-bond donors (Lipinski definition) is 0. The molecule has 0 atom stereocenters. The highest BCUT2D eigenvalue weighted by molar-refractivity contribution is 8.18. The predicted octanol–water partition coefficient (Wildman–Crippen LogP) is 5.14. The topological polar surface area (TPSA) is 80.5 Å². The van der Waals surface area contributed by atoms with E-state index in [-0.39, 0.29) is 22.7 Å². The van der Waals surface area contributed by atoms with Crippen LogP contribution in [0.15, 0.2) is 47.4 Å². The number of carbonyl (C=O) groups excluding carboxylic acids is 2. The maximum Gasteiger partial charge on any atom is 0.293 e. The van der Waals surface area contributed by atoms with Gasteiger partial charge in [0.05, 0.1) is 32.0 Å². The van der Waals surface area contributed by atoms with Crippen LogP contribution in [0.3, 0.4) is 0 Å². The average molecular weight is 409 g/mol. The predicted molar refractivity (Wildman–Crippen MR) is 101 cm³/mol. The van der Waals surface area contributed by atoms with Crippen molar-refractivity contribution < 1.29 is 14.5 Å². The highest BCUT2D eigenvalue weighted by atomic mass is 35.5. The van der Waals surface area contributed by atoms with Crippen LogP contribution in [0.1, 0.15) is 11.1 Å². The second kappa shape index (κ2) is 7.49. The summed E-state index contributed by atoms with van der Waals surface area (Å²) >= 11 is 12.6. The number of nitrogens with zero attached hydrogens (tertiary/aromatic N) is 2. The Kier molecular flexibility index (Phi) is 5.31. The Labute approximate surface area is 162 Å². The molecule has 0 N–H and O–H groups in total. The lowest BCUT2D eigenvalue weighted by Crippen LogP contribution is -2.27. The van der Waals surface area contributed by atoms with E-state index in [0.717, 1.165) is 16.7 Å². The van der Waals surface area contributed by atoms with Crippen LogP contribution in [-0.4, -0.2) is 21.0 Å². The second-order valence-corrected chi connectivity index (χ2v) is 7.14. The second-order valence-electron chi connectivity index (χ2n) is 5.33. The van der Waals surface area contributed by atoms with Crippen LogP contribution in [0.25, 0.3) is 6.08 Å². The van der Waals surface area contributed by atoms with Gasteiger partial charge in [-0.05, 0) is 41.6 Å². The van der Waals surface area contributed by atoms with E-state index in [2.05, 4.69) is 0 Å². The highest BCUT2D eigenvalue weighted by Gasteiger charge is 2.35. The van der Waals surface area contributed by atoms with Gasteiger partial charge in [0.2, 0.25) is 0 Å². The minimum absolute atomic E-state index is 0.0375. The molecule has 132 valence electrons. The van der Waals surface area contributed by atoms with Crippen LogP contribution in [0, 0.1) is 10.1 Å². The van der Waals surface area contributed by atoms with Crippen LogP contribution in [0.5, 0.6) is 0 Å². The van der Waals surface area contributed by atoms with E-state index in [1.807, 2.05) is 0 Å². The number of thioether (sulfide) groups is 1. The van der Waals surface area contributed by atoms with Crippen molar-refractivity contribution in [2.24, 2.45) is 0 Å². The maximum absolute atomic E-state index is 12.5. The van der Waals surface area contributed by atoms with Gasteiger partial charge < -0.3 is 0 Å². The lowest BCUT2D eigenvalue weighted by Gasteiger charge is -2.12. The maximum atomic E-state index is 12.5. The average Bonchev–Trinajstić information content (AvgIpc) is 2.86. The van der Waals surface area contributed by atoms with Crippen molar-refractivity contribution in [3.05, 3.63) is 78.7 Å². The molecule has 0 radical (unpaired) electrons. The summed E-state index contributed by atoms with van der Waals surface area (Å²) in [6.45, 7) is 0.0375. The van der Waals surface area contributed by atoms with Crippen LogP contribution >= 0.6 is 35.0 Å². The fraction of sp³-hybridized carbons (Fsp3) is 0.0588. The molecule has 1 aliphatic rings. The molecule has 2 amide bonds. The van der Waals surface area contributed by atoms with Gasteiger partial charge in [0.25, 0.3) is 16.8 Å². The van der Waals surface area contributed by atoms with Crippen LogP contribution < -0.4 is 0 Å². The minimum atomic E-state index is -0.536. The summed E-state index contributed by atoms with van der Waals surface area (Å²) in [5.74, 6) is -0.510. The highest BCUT2D eigenvalue weighted by Crippen LogP contribution is 2.35. The van der Waals surface area contributed by atoms with Gasteiger partial charge in [-0.25, -0.2) is 0 Å². The standard InChI is InChI=1S/C17H10Cl2N2O4S/c18-12-6-5-10(7-13(12)19)9-20-16(22)15(26-17(20)23)8-11-3-1-2-4-14(11)21(24)25/h1-8H,9H2/b15-8+. The number of nitro groups is 1. The van der Waals surface area contributed by atoms with Crippen molar-refractivity contribution in [3.8, 4) is 0 Å². The first-order valence-corrected chi connectivity index (χ1v) is 8.87. The van der Waals surface area contributed by atoms with Crippen LogP contribution in [0.4, 0.5) is 10.5 Å². The quantitative estimate of drug-likeness (QED) is 0.397. The first-order chi connectivity index (χ1) is 12.4. The van der Waals surface area contributed by atoms with Gasteiger partial charge in [-0.15, -0.1) is 0 Å². The summed E-state index contributed by atoms with van der Waals surface area (Å²) in [6.07, 6.45) is 1.36. The largest absolute Gasteiger partial charge is 0.293 e.